The van der Waals surface area contributed by atoms with E-state index < -0.39 is 6.10 Å². The summed E-state index contributed by atoms with van der Waals surface area (Å²) in [6.07, 6.45) is 4.49. The lowest BCUT2D eigenvalue weighted by molar-refractivity contribution is -0.122. The fourth-order valence-electron chi connectivity index (χ4n) is 1.74. The summed E-state index contributed by atoms with van der Waals surface area (Å²) in [4.78, 5) is 11.5. The first-order chi connectivity index (χ1) is 8.17. The molecule has 0 bridgehead atoms. The first-order valence-corrected chi connectivity index (χ1v) is 5.96. The van der Waals surface area contributed by atoms with Gasteiger partial charge in [0.05, 0.1) is 12.3 Å². The van der Waals surface area contributed by atoms with Crippen LogP contribution >= 0.6 is 0 Å². The largest absolute Gasteiger partial charge is 0.391 e. The number of nitrogens with one attached hydrogen (secondary N) is 1. The van der Waals surface area contributed by atoms with Gasteiger partial charge < -0.3 is 10.4 Å². The average Bonchev–Trinajstić information content (AvgIpc) is 2.81. The molecule has 0 radical (unpaired) electrons. The smallest absolute Gasteiger partial charge is 0.241 e. The van der Waals surface area contributed by atoms with Crippen molar-refractivity contribution in [2.45, 2.75) is 39.3 Å². The molecule has 1 amide bonds. The van der Waals surface area contributed by atoms with Gasteiger partial charge in [-0.3, -0.25) is 4.79 Å². The highest BCUT2D eigenvalue weighted by atomic mass is 16.3. The number of hydrogen-bond donors (Lipinski definition) is 2. The summed E-state index contributed by atoms with van der Waals surface area (Å²) < 4.78 is 1.44. The summed E-state index contributed by atoms with van der Waals surface area (Å²) >= 11 is 0. The quantitative estimate of drug-likeness (QED) is 0.713. The van der Waals surface area contributed by atoms with Crippen LogP contribution in [0.3, 0.4) is 0 Å². The lowest BCUT2D eigenvalue weighted by Gasteiger charge is -2.20. The fraction of sp³-hybridized carbons (Fsp3) is 0.727. The van der Waals surface area contributed by atoms with Crippen molar-refractivity contribution in [1.29, 1.82) is 0 Å². The van der Waals surface area contributed by atoms with Crippen molar-refractivity contribution in [3.63, 3.8) is 0 Å². The molecule has 0 saturated carbocycles. The Morgan fingerprint density at radius 2 is 2.18 bits per heavy atom. The topological polar surface area (TPSA) is 80.0 Å². The lowest BCUT2D eigenvalue weighted by Crippen LogP contribution is -2.37. The van der Waals surface area contributed by atoms with Crippen LogP contribution in [0.1, 0.15) is 26.7 Å². The van der Waals surface area contributed by atoms with Crippen LogP contribution in [0, 0.1) is 5.92 Å². The molecule has 1 atom stereocenters. The molecule has 17 heavy (non-hydrogen) atoms. The minimum absolute atomic E-state index is 0.135. The van der Waals surface area contributed by atoms with Crippen molar-refractivity contribution in [3.8, 4) is 0 Å². The Labute approximate surface area is 101 Å². The third kappa shape index (κ3) is 4.52. The molecule has 1 unspecified atom stereocenters. The Hall–Kier alpha value is -1.43. The zero-order valence-corrected chi connectivity index (χ0v) is 10.3. The normalized spacial score (nSPS) is 12.7. The molecule has 1 aromatic rings. The maximum atomic E-state index is 11.5. The van der Waals surface area contributed by atoms with E-state index in [0.29, 0.717) is 6.54 Å². The molecule has 0 aliphatic heterocycles. The molecule has 0 spiro atoms. The van der Waals surface area contributed by atoms with Gasteiger partial charge >= 0.3 is 0 Å². The zero-order chi connectivity index (χ0) is 12.7. The van der Waals surface area contributed by atoms with Crippen molar-refractivity contribution in [1.82, 2.24) is 20.3 Å². The molecule has 1 rings (SSSR count). The molecular weight excluding hydrogens is 220 g/mol. The monoisotopic (exact) mass is 240 g/mol. The summed E-state index contributed by atoms with van der Waals surface area (Å²) in [6, 6.07) is 0. The second kappa shape index (κ2) is 7.01. The number of nitrogens with zero attached hydrogens (tertiary/aromatic N) is 3. The van der Waals surface area contributed by atoms with Gasteiger partial charge in [0.1, 0.15) is 6.54 Å². The molecule has 1 heterocycles. The van der Waals surface area contributed by atoms with Crippen LogP contribution in [0.5, 0.6) is 0 Å². The average molecular weight is 240 g/mol. The fourth-order valence-corrected chi connectivity index (χ4v) is 1.74. The predicted molar refractivity (Wildman–Crippen MR) is 63.1 cm³/mol. The van der Waals surface area contributed by atoms with Crippen molar-refractivity contribution >= 4 is 5.91 Å². The van der Waals surface area contributed by atoms with Gasteiger partial charge in [-0.2, -0.15) is 0 Å². The summed E-state index contributed by atoms with van der Waals surface area (Å²) in [5, 5.41) is 19.8. The number of carbonyl (C=O) groups excluding carboxylic acids is 1. The van der Waals surface area contributed by atoms with E-state index in [1.165, 1.54) is 10.9 Å². The maximum Gasteiger partial charge on any atom is 0.241 e. The number of carbonyl (C=O) groups is 1. The highest BCUT2D eigenvalue weighted by molar-refractivity contribution is 5.75. The van der Waals surface area contributed by atoms with E-state index in [9.17, 15) is 9.90 Å². The second-order valence-electron chi connectivity index (χ2n) is 4.05. The van der Waals surface area contributed by atoms with Crippen LogP contribution in [0.25, 0.3) is 0 Å². The van der Waals surface area contributed by atoms with E-state index >= 15 is 0 Å². The van der Waals surface area contributed by atoms with Crippen molar-refractivity contribution in [3.05, 3.63) is 12.4 Å². The van der Waals surface area contributed by atoms with Gasteiger partial charge in [-0.05, 0) is 5.92 Å². The van der Waals surface area contributed by atoms with Gasteiger partial charge in [0, 0.05) is 12.7 Å². The Balaban J connectivity index is 2.28. The minimum atomic E-state index is -0.482. The van der Waals surface area contributed by atoms with E-state index in [2.05, 4.69) is 15.6 Å². The van der Waals surface area contributed by atoms with Gasteiger partial charge in [-0.1, -0.05) is 31.9 Å². The summed E-state index contributed by atoms with van der Waals surface area (Å²) in [6.45, 7) is 4.50. The first kappa shape index (κ1) is 13.6. The zero-order valence-electron chi connectivity index (χ0n) is 10.3. The number of amides is 1. The molecule has 0 saturated heterocycles. The van der Waals surface area contributed by atoms with Gasteiger partial charge in [-0.15, -0.1) is 5.10 Å². The Morgan fingerprint density at radius 3 is 2.71 bits per heavy atom. The van der Waals surface area contributed by atoms with Gasteiger partial charge in [0.15, 0.2) is 0 Å². The highest BCUT2D eigenvalue weighted by Gasteiger charge is 2.16. The lowest BCUT2D eigenvalue weighted by atomic mass is 9.96. The molecule has 0 aliphatic rings. The number of aliphatic hydroxyl groups excluding tert-OH is 1. The van der Waals surface area contributed by atoms with E-state index in [0.717, 1.165) is 12.8 Å². The summed E-state index contributed by atoms with van der Waals surface area (Å²) in [5.41, 5.74) is 0. The first-order valence-electron chi connectivity index (χ1n) is 5.96. The van der Waals surface area contributed by atoms with Crippen LogP contribution < -0.4 is 5.32 Å². The second-order valence-corrected chi connectivity index (χ2v) is 4.05. The van der Waals surface area contributed by atoms with E-state index in [1.54, 1.807) is 6.20 Å². The van der Waals surface area contributed by atoms with Gasteiger partial charge in [0.25, 0.3) is 0 Å². The number of aliphatic hydroxyl groups is 1. The third-order valence-corrected chi connectivity index (χ3v) is 2.88. The number of aromatic nitrogens is 3. The molecule has 6 nitrogen and oxygen atoms in total. The van der Waals surface area contributed by atoms with Gasteiger partial charge in [-0.25, -0.2) is 4.68 Å². The number of rotatable bonds is 7. The van der Waals surface area contributed by atoms with Crippen molar-refractivity contribution in [2.24, 2.45) is 5.92 Å². The molecule has 6 heteroatoms. The Bertz CT molecular complexity index is 322. The van der Waals surface area contributed by atoms with Crippen LogP contribution in [0.4, 0.5) is 0 Å². The molecule has 0 aromatic carbocycles. The SMILES string of the molecule is CCC(CC)C(O)CNC(=O)Cn1ccnn1. The predicted octanol–water partition coefficient (Wildman–Crippen LogP) is 0.191. The Kier molecular flexibility index (Phi) is 5.62. The van der Waals surface area contributed by atoms with E-state index in [-0.39, 0.29) is 18.4 Å². The van der Waals surface area contributed by atoms with Crippen LogP contribution in [0.15, 0.2) is 12.4 Å². The van der Waals surface area contributed by atoms with Gasteiger partial charge in [0.2, 0.25) is 5.91 Å². The van der Waals surface area contributed by atoms with Crippen LogP contribution in [-0.2, 0) is 11.3 Å². The molecule has 0 aliphatic carbocycles. The Morgan fingerprint density at radius 1 is 1.47 bits per heavy atom. The molecule has 0 fully saturated rings. The number of hydrogen-bond acceptors (Lipinski definition) is 4. The molecule has 2 N–H and O–H groups in total. The third-order valence-electron chi connectivity index (χ3n) is 2.88. The van der Waals surface area contributed by atoms with Crippen LogP contribution in [-0.4, -0.2) is 38.7 Å². The standard InChI is InChI=1S/C11H20N4O2/c1-3-9(4-2)10(16)7-12-11(17)8-15-6-5-13-14-15/h5-6,9-10,16H,3-4,7-8H2,1-2H3,(H,12,17). The summed E-state index contributed by atoms with van der Waals surface area (Å²) in [7, 11) is 0. The van der Waals surface area contributed by atoms with Crippen molar-refractivity contribution in [2.75, 3.05) is 6.54 Å². The summed E-state index contributed by atoms with van der Waals surface area (Å²) in [5.74, 6) is 0.0715. The molecule has 96 valence electrons. The molecular formula is C11H20N4O2. The van der Waals surface area contributed by atoms with E-state index in [1.807, 2.05) is 13.8 Å². The maximum absolute atomic E-state index is 11.5. The van der Waals surface area contributed by atoms with Crippen LogP contribution in [0.2, 0.25) is 0 Å². The highest BCUT2D eigenvalue weighted by Crippen LogP contribution is 2.12. The van der Waals surface area contributed by atoms with Crippen molar-refractivity contribution < 1.29 is 9.90 Å². The molecule has 1 aromatic heterocycles. The van der Waals surface area contributed by atoms with E-state index in [4.69, 9.17) is 0 Å². The minimum Gasteiger partial charge on any atom is -0.391 e.